The van der Waals surface area contributed by atoms with Crippen molar-refractivity contribution < 1.29 is 5.11 Å². The van der Waals surface area contributed by atoms with Gasteiger partial charge in [-0.05, 0) is 30.5 Å². The molecule has 0 unspecified atom stereocenters. The highest BCUT2D eigenvalue weighted by molar-refractivity contribution is 5.25. The van der Waals surface area contributed by atoms with E-state index < -0.39 is 0 Å². The number of nitriles is 1. The van der Waals surface area contributed by atoms with E-state index in [-0.39, 0.29) is 6.61 Å². The largest absolute Gasteiger partial charge is 0.396 e. The molecular formula is C9H10N2O. The van der Waals surface area contributed by atoms with Gasteiger partial charge in [-0.3, -0.25) is 0 Å². The Morgan fingerprint density at radius 1 is 1.58 bits per heavy atom. The molecule has 12 heavy (non-hydrogen) atoms. The van der Waals surface area contributed by atoms with Crippen LogP contribution in [0.1, 0.15) is 17.7 Å². The van der Waals surface area contributed by atoms with Gasteiger partial charge in [0.25, 0.3) is 0 Å². The van der Waals surface area contributed by atoms with Gasteiger partial charge in [-0.2, -0.15) is 5.26 Å². The van der Waals surface area contributed by atoms with E-state index in [2.05, 4.69) is 4.98 Å². The van der Waals surface area contributed by atoms with E-state index in [1.54, 1.807) is 12.3 Å². The van der Waals surface area contributed by atoms with Gasteiger partial charge in [-0.1, -0.05) is 0 Å². The zero-order chi connectivity index (χ0) is 8.81. The molecule has 3 nitrogen and oxygen atoms in total. The number of aliphatic hydroxyl groups is 1. The fraction of sp³-hybridized carbons (Fsp3) is 0.333. The number of nitrogens with zero attached hydrogens (tertiary/aromatic N) is 2. The molecule has 0 spiro atoms. The zero-order valence-electron chi connectivity index (χ0n) is 6.70. The van der Waals surface area contributed by atoms with Gasteiger partial charge < -0.3 is 5.11 Å². The molecule has 0 bridgehead atoms. The SMILES string of the molecule is N#Cc1cc(CCCO)ccn1. The highest BCUT2D eigenvalue weighted by Gasteiger charge is 1.95. The molecule has 62 valence electrons. The van der Waals surface area contributed by atoms with Crippen LogP contribution in [0, 0.1) is 11.3 Å². The summed E-state index contributed by atoms with van der Waals surface area (Å²) in [6.07, 6.45) is 3.15. The quantitative estimate of drug-likeness (QED) is 0.717. The average molecular weight is 162 g/mol. The summed E-state index contributed by atoms with van der Waals surface area (Å²) in [6, 6.07) is 5.57. The van der Waals surface area contributed by atoms with Crippen molar-refractivity contribution in [2.24, 2.45) is 0 Å². The lowest BCUT2D eigenvalue weighted by atomic mass is 10.1. The van der Waals surface area contributed by atoms with Crippen LogP contribution in [0.4, 0.5) is 0 Å². The first-order valence-electron chi connectivity index (χ1n) is 3.82. The summed E-state index contributed by atoms with van der Waals surface area (Å²) in [5.41, 5.74) is 1.49. The molecule has 1 aromatic rings. The molecule has 1 N–H and O–H groups in total. The first-order chi connectivity index (χ1) is 5.86. The normalized spacial score (nSPS) is 9.33. The number of aryl methyl sites for hydroxylation is 1. The van der Waals surface area contributed by atoms with Crippen LogP contribution >= 0.6 is 0 Å². The third-order valence-corrected chi connectivity index (χ3v) is 1.56. The van der Waals surface area contributed by atoms with Gasteiger partial charge in [0, 0.05) is 12.8 Å². The van der Waals surface area contributed by atoms with Crippen molar-refractivity contribution >= 4 is 0 Å². The molecule has 1 rings (SSSR count). The molecule has 0 aliphatic heterocycles. The fourth-order valence-corrected chi connectivity index (χ4v) is 0.974. The summed E-state index contributed by atoms with van der Waals surface area (Å²) in [6.45, 7) is 0.185. The van der Waals surface area contributed by atoms with Crippen LogP contribution in [0.3, 0.4) is 0 Å². The second-order valence-electron chi connectivity index (χ2n) is 2.49. The zero-order valence-corrected chi connectivity index (χ0v) is 6.70. The van der Waals surface area contributed by atoms with Gasteiger partial charge >= 0.3 is 0 Å². The summed E-state index contributed by atoms with van der Waals surface area (Å²) in [5.74, 6) is 0. The van der Waals surface area contributed by atoms with Crippen LogP contribution in [0.15, 0.2) is 18.3 Å². The topological polar surface area (TPSA) is 56.9 Å². The summed E-state index contributed by atoms with van der Waals surface area (Å²) in [5, 5.41) is 17.1. The van der Waals surface area contributed by atoms with Crippen molar-refractivity contribution in [3.63, 3.8) is 0 Å². The Bertz CT molecular complexity index is 291. The van der Waals surface area contributed by atoms with Crippen LogP contribution in [0.2, 0.25) is 0 Å². The van der Waals surface area contributed by atoms with E-state index in [4.69, 9.17) is 10.4 Å². The Balaban J connectivity index is 2.68. The van der Waals surface area contributed by atoms with E-state index in [9.17, 15) is 0 Å². The molecule has 0 aliphatic carbocycles. The summed E-state index contributed by atoms with van der Waals surface area (Å²) >= 11 is 0. The Hall–Kier alpha value is -1.40. The Morgan fingerprint density at radius 3 is 3.08 bits per heavy atom. The van der Waals surface area contributed by atoms with E-state index in [1.165, 1.54) is 0 Å². The van der Waals surface area contributed by atoms with Crippen LogP contribution < -0.4 is 0 Å². The van der Waals surface area contributed by atoms with Gasteiger partial charge in [0.1, 0.15) is 11.8 Å². The minimum Gasteiger partial charge on any atom is -0.396 e. The number of hydrogen-bond acceptors (Lipinski definition) is 3. The van der Waals surface area contributed by atoms with Crippen LogP contribution in [-0.4, -0.2) is 16.7 Å². The second kappa shape index (κ2) is 4.47. The maximum Gasteiger partial charge on any atom is 0.140 e. The van der Waals surface area contributed by atoms with Gasteiger partial charge in [-0.25, -0.2) is 4.98 Å². The number of rotatable bonds is 3. The molecule has 0 radical (unpaired) electrons. The Labute approximate surface area is 71.3 Å². The van der Waals surface area contributed by atoms with Gasteiger partial charge in [0.05, 0.1) is 0 Å². The average Bonchev–Trinajstić information content (AvgIpc) is 2.15. The Kier molecular flexibility index (Phi) is 3.24. The number of pyridine rings is 1. The van der Waals surface area contributed by atoms with Crippen LogP contribution in [0.5, 0.6) is 0 Å². The molecule has 0 saturated carbocycles. The van der Waals surface area contributed by atoms with Crippen molar-refractivity contribution in [2.45, 2.75) is 12.8 Å². The Morgan fingerprint density at radius 2 is 2.42 bits per heavy atom. The molecular weight excluding hydrogens is 152 g/mol. The molecule has 0 amide bonds. The van der Waals surface area contributed by atoms with E-state index >= 15 is 0 Å². The number of aromatic nitrogens is 1. The van der Waals surface area contributed by atoms with E-state index in [0.29, 0.717) is 5.69 Å². The molecule has 1 aromatic heterocycles. The lowest BCUT2D eigenvalue weighted by molar-refractivity contribution is 0.288. The van der Waals surface area contributed by atoms with Gasteiger partial charge in [-0.15, -0.1) is 0 Å². The van der Waals surface area contributed by atoms with Crippen LogP contribution in [0.25, 0.3) is 0 Å². The predicted octanol–water partition coefficient (Wildman–Crippen LogP) is 0.878. The maximum atomic E-state index is 8.57. The lowest BCUT2D eigenvalue weighted by Crippen LogP contribution is -1.91. The minimum absolute atomic E-state index is 0.185. The monoisotopic (exact) mass is 162 g/mol. The smallest absolute Gasteiger partial charge is 0.140 e. The number of hydrogen-bond donors (Lipinski definition) is 1. The highest BCUT2D eigenvalue weighted by atomic mass is 16.2. The molecule has 0 aliphatic rings. The van der Waals surface area contributed by atoms with E-state index in [1.807, 2.05) is 12.1 Å². The molecule has 0 aromatic carbocycles. The van der Waals surface area contributed by atoms with Gasteiger partial charge in [0.2, 0.25) is 0 Å². The lowest BCUT2D eigenvalue weighted by Gasteiger charge is -1.97. The predicted molar refractivity (Wildman–Crippen MR) is 44.4 cm³/mol. The first kappa shape index (κ1) is 8.69. The maximum absolute atomic E-state index is 8.57. The van der Waals surface area contributed by atoms with Gasteiger partial charge in [0.15, 0.2) is 0 Å². The standard InChI is InChI=1S/C9H10N2O/c10-7-9-6-8(2-1-5-12)3-4-11-9/h3-4,6,12H,1-2,5H2. The minimum atomic E-state index is 0.185. The fourth-order valence-electron chi connectivity index (χ4n) is 0.974. The van der Waals surface area contributed by atoms with Crippen molar-refractivity contribution in [3.8, 4) is 6.07 Å². The molecule has 0 saturated heterocycles. The van der Waals surface area contributed by atoms with Crippen molar-refractivity contribution in [1.82, 2.24) is 4.98 Å². The molecule has 0 fully saturated rings. The van der Waals surface area contributed by atoms with Crippen LogP contribution in [-0.2, 0) is 6.42 Å². The second-order valence-corrected chi connectivity index (χ2v) is 2.49. The first-order valence-corrected chi connectivity index (χ1v) is 3.82. The molecule has 0 atom stereocenters. The summed E-state index contributed by atoms with van der Waals surface area (Å²) < 4.78 is 0. The molecule has 3 heteroatoms. The van der Waals surface area contributed by atoms with E-state index in [0.717, 1.165) is 18.4 Å². The highest BCUT2D eigenvalue weighted by Crippen LogP contribution is 2.03. The van der Waals surface area contributed by atoms with Crippen molar-refractivity contribution in [3.05, 3.63) is 29.6 Å². The molecule has 1 heterocycles. The number of aliphatic hydroxyl groups excluding tert-OH is 1. The third kappa shape index (κ3) is 2.33. The summed E-state index contributed by atoms with van der Waals surface area (Å²) in [4.78, 5) is 3.84. The van der Waals surface area contributed by atoms with Crippen molar-refractivity contribution in [1.29, 1.82) is 5.26 Å². The van der Waals surface area contributed by atoms with Crippen molar-refractivity contribution in [2.75, 3.05) is 6.61 Å². The third-order valence-electron chi connectivity index (χ3n) is 1.56. The summed E-state index contributed by atoms with van der Waals surface area (Å²) in [7, 11) is 0.